The number of allylic oxidation sites excluding steroid dienone is 4. The highest BCUT2D eigenvalue weighted by Gasteiger charge is 2.24. The van der Waals surface area contributed by atoms with Crippen molar-refractivity contribution in [3.8, 4) is 0 Å². The summed E-state index contributed by atoms with van der Waals surface area (Å²) in [6, 6.07) is 0. The third kappa shape index (κ3) is 0.993. The smallest absolute Gasteiger partial charge is 0.174 e. The number of hydrogen-bond acceptors (Lipinski definition) is 3. The lowest BCUT2D eigenvalue weighted by Crippen LogP contribution is -2.18. The fraction of sp³-hybridized carbons (Fsp3) is 0.111. The normalized spacial score (nSPS) is 21.0. The Labute approximate surface area is 69.0 Å². The summed E-state index contributed by atoms with van der Waals surface area (Å²) in [4.78, 5) is 22.1. The maximum Gasteiger partial charge on any atom is 0.174 e. The van der Waals surface area contributed by atoms with Crippen LogP contribution in [0.2, 0.25) is 0 Å². The molecule has 1 aliphatic carbocycles. The van der Waals surface area contributed by atoms with Crippen LogP contribution < -0.4 is 0 Å². The third-order valence-corrected chi connectivity index (χ3v) is 1.73. The van der Waals surface area contributed by atoms with Gasteiger partial charge in [-0.15, -0.1) is 0 Å². The van der Waals surface area contributed by atoms with E-state index in [1.54, 1.807) is 12.2 Å². The molecule has 0 saturated heterocycles. The van der Waals surface area contributed by atoms with E-state index in [2.05, 4.69) is 0 Å². The first-order valence-electron chi connectivity index (χ1n) is 3.59. The molecule has 60 valence electrons. The standard InChI is InChI=1S/C9H6O3/c10-6-4-8(11)7-2-1-3-12-9(7)5-6/h1-3,5H,4H2. The molecule has 0 aromatic heterocycles. The quantitative estimate of drug-likeness (QED) is 0.496. The minimum atomic E-state index is -0.192. The second-order valence-corrected chi connectivity index (χ2v) is 2.60. The lowest BCUT2D eigenvalue weighted by atomic mass is 9.96. The van der Waals surface area contributed by atoms with Crippen LogP contribution in [0.25, 0.3) is 0 Å². The monoisotopic (exact) mass is 162 g/mol. The molecule has 0 amide bonds. The van der Waals surface area contributed by atoms with Crippen molar-refractivity contribution in [2.75, 3.05) is 0 Å². The summed E-state index contributed by atoms with van der Waals surface area (Å²) < 4.78 is 4.99. The first-order chi connectivity index (χ1) is 5.77. The number of ether oxygens (including phenoxy) is 1. The van der Waals surface area contributed by atoms with Crippen molar-refractivity contribution in [2.24, 2.45) is 0 Å². The fourth-order valence-electron chi connectivity index (χ4n) is 1.19. The van der Waals surface area contributed by atoms with E-state index in [-0.39, 0.29) is 18.0 Å². The first kappa shape index (κ1) is 7.03. The van der Waals surface area contributed by atoms with Crippen LogP contribution in [0, 0.1) is 0 Å². The minimum absolute atomic E-state index is 0.0352. The van der Waals surface area contributed by atoms with E-state index in [0.717, 1.165) is 0 Å². The summed E-state index contributed by atoms with van der Waals surface area (Å²) >= 11 is 0. The lowest BCUT2D eigenvalue weighted by molar-refractivity contribution is -0.123. The molecule has 0 aromatic rings. The molecule has 0 spiro atoms. The predicted octanol–water partition coefficient (Wildman–Crippen LogP) is 0.882. The van der Waals surface area contributed by atoms with Gasteiger partial charge in [-0.3, -0.25) is 9.59 Å². The molecule has 1 heterocycles. The average molecular weight is 162 g/mol. The van der Waals surface area contributed by atoms with E-state index in [1.165, 1.54) is 12.3 Å². The second-order valence-electron chi connectivity index (χ2n) is 2.60. The van der Waals surface area contributed by atoms with Gasteiger partial charge in [-0.25, -0.2) is 0 Å². The summed E-state index contributed by atoms with van der Waals surface area (Å²) in [5.41, 5.74) is 0.497. The second kappa shape index (κ2) is 2.44. The summed E-state index contributed by atoms with van der Waals surface area (Å²) in [5, 5.41) is 0. The fourth-order valence-corrected chi connectivity index (χ4v) is 1.19. The summed E-state index contributed by atoms with van der Waals surface area (Å²) in [6.45, 7) is 0. The largest absolute Gasteiger partial charge is 0.464 e. The summed E-state index contributed by atoms with van der Waals surface area (Å²) in [7, 11) is 0. The van der Waals surface area contributed by atoms with Gasteiger partial charge < -0.3 is 4.74 Å². The molecule has 2 rings (SSSR count). The Morgan fingerprint density at radius 1 is 1.33 bits per heavy atom. The molecule has 3 heteroatoms. The van der Waals surface area contributed by atoms with Crippen molar-refractivity contribution < 1.29 is 14.3 Å². The minimum Gasteiger partial charge on any atom is -0.464 e. The molecule has 0 bridgehead atoms. The van der Waals surface area contributed by atoms with Gasteiger partial charge in [0.1, 0.15) is 5.76 Å². The predicted molar refractivity (Wildman–Crippen MR) is 41.0 cm³/mol. The number of fused-ring (bicyclic) bond motifs is 1. The number of carbonyl (C=O) groups is 2. The van der Waals surface area contributed by atoms with Crippen molar-refractivity contribution >= 4 is 11.6 Å². The van der Waals surface area contributed by atoms with Gasteiger partial charge in [0.2, 0.25) is 0 Å². The number of rotatable bonds is 0. The summed E-state index contributed by atoms with van der Waals surface area (Å²) in [5.74, 6) is 0.0167. The highest BCUT2D eigenvalue weighted by molar-refractivity contribution is 6.16. The Morgan fingerprint density at radius 3 is 3.00 bits per heavy atom. The molecule has 12 heavy (non-hydrogen) atoms. The van der Waals surface area contributed by atoms with E-state index in [1.807, 2.05) is 0 Å². The Balaban J connectivity index is 2.49. The Morgan fingerprint density at radius 2 is 2.17 bits per heavy atom. The van der Waals surface area contributed by atoms with Gasteiger partial charge in [0.05, 0.1) is 18.3 Å². The van der Waals surface area contributed by atoms with Crippen LogP contribution in [0.1, 0.15) is 6.42 Å². The zero-order chi connectivity index (χ0) is 8.55. The van der Waals surface area contributed by atoms with Crippen molar-refractivity contribution in [1.82, 2.24) is 0 Å². The van der Waals surface area contributed by atoms with Crippen molar-refractivity contribution in [3.05, 3.63) is 35.8 Å². The molecule has 2 aliphatic rings. The zero-order valence-electron chi connectivity index (χ0n) is 6.24. The Hall–Kier alpha value is -1.64. The van der Waals surface area contributed by atoms with Crippen molar-refractivity contribution in [3.63, 3.8) is 0 Å². The number of ketones is 2. The van der Waals surface area contributed by atoms with Gasteiger partial charge in [-0.1, -0.05) is 0 Å². The highest BCUT2D eigenvalue weighted by Crippen LogP contribution is 2.23. The van der Waals surface area contributed by atoms with Crippen LogP contribution >= 0.6 is 0 Å². The Kier molecular flexibility index (Phi) is 1.43. The van der Waals surface area contributed by atoms with E-state index in [4.69, 9.17) is 4.74 Å². The van der Waals surface area contributed by atoms with Crippen molar-refractivity contribution in [2.45, 2.75) is 6.42 Å². The maximum atomic E-state index is 11.2. The van der Waals surface area contributed by atoms with Gasteiger partial charge in [0.15, 0.2) is 11.6 Å². The summed E-state index contributed by atoms with van der Waals surface area (Å²) in [6.07, 6.45) is 6.06. The van der Waals surface area contributed by atoms with Gasteiger partial charge in [-0.05, 0) is 12.2 Å². The van der Waals surface area contributed by atoms with Gasteiger partial charge >= 0.3 is 0 Å². The lowest BCUT2D eigenvalue weighted by Gasteiger charge is -2.15. The van der Waals surface area contributed by atoms with Crippen LogP contribution in [0.5, 0.6) is 0 Å². The molecular formula is C9H6O3. The number of Topliss-reactive ketones (excluding diaryl/α,β-unsaturated/α-hetero) is 1. The van der Waals surface area contributed by atoms with E-state index >= 15 is 0 Å². The molecule has 0 radical (unpaired) electrons. The van der Waals surface area contributed by atoms with E-state index in [9.17, 15) is 9.59 Å². The molecule has 0 atom stereocenters. The molecule has 0 aromatic carbocycles. The highest BCUT2D eigenvalue weighted by atomic mass is 16.5. The molecule has 0 saturated carbocycles. The number of hydrogen-bond donors (Lipinski definition) is 0. The SMILES string of the molecule is O=C1C=C2OC=CC=C2C(=O)C1. The van der Waals surface area contributed by atoms with Crippen LogP contribution in [0.4, 0.5) is 0 Å². The maximum absolute atomic E-state index is 11.2. The molecule has 3 nitrogen and oxygen atoms in total. The topological polar surface area (TPSA) is 43.4 Å². The molecule has 0 fully saturated rings. The van der Waals surface area contributed by atoms with Crippen LogP contribution in [0.3, 0.4) is 0 Å². The first-order valence-corrected chi connectivity index (χ1v) is 3.59. The number of carbonyl (C=O) groups excluding carboxylic acids is 2. The molecular weight excluding hydrogens is 156 g/mol. The van der Waals surface area contributed by atoms with Gasteiger partial charge in [-0.2, -0.15) is 0 Å². The van der Waals surface area contributed by atoms with Crippen molar-refractivity contribution in [1.29, 1.82) is 0 Å². The average Bonchev–Trinajstić information content (AvgIpc) is 2.04. The van der Waals surface area contributed by atoms with Crippen LogP contribution in [-0.4, -0.2) is 11.6 Å². The Bertz CT molecular complexity index is 345. The van der Waals surface area contributed by atoms with Gasteiger partial charge in [0.25, 0.3) is 0 Å². The molecule has 0 N–H and O–H groups in total. The molecule has 1 aliphatic heterocycles. The molecule has 0 unspecified atom stereocenters. The van der Waals surface area contributed by atoms with Crippen LogP contribution in [-0.2, 0) is 14.3 Å². The third-order valence-electron chi connectivity index (χ3n) is 1.73. The van der Waals surface area contributed by atoms with E-state index < -0.39 is 0 Å². The van der Waals surface area contributed by atoms with Crippen LogP contribution in [0.15, 0.2) is 35.8 Å². The van der Waals surface area contributed by atoms with E-state index in [0.29, 0.717) is 11.3 Å². The van der Waals surface area contributed by atoms with Gasteiger partial charge in [0, 0.05) is 6.08 Å². The zero-order valence-corrected chi connectivity index (χ0v) is 6.24.